The summed E-state index contributed by atoms with van der Waals surface area (Å²) in [5, 5.41) is 12.3. The van der Waals surface area contributed by atoms with E-state index in [4.69, 9.17) is 21.6 Å². The Morgan fingerprint density at radius 1 is 1.48 bits per heavy atom. The summed E-state index contributed by atoms with van der Waals surface area (Å²) >= 11 is 6.31. The molecule has 0 spiro atoms. The Labute approximate surface area is 130 Å². The van der Waals surface area contributed by atoms with Gasteiger partial charge in [-0.3, -0.25) is 4.79 Å². The number of nitriles is 1. The lowest BCUT2D eigenvalue weighted by molar-refractivity contribution is -0.130. The van der Waals surface area contributed by atoms with Crippen LogP contribution in [0.15, 0.2) is 24.3 Å². The van der Waals surface area contributed by atoms with Crippen molar-refractivity contribution in [1.29, 1.82) is 5.26 Å². The first-order chi connectivity index (χ1) is 10.1. The topological polar surface area (TPSA) is 62.1 Å². The predicted octanol–water partition coefficient (Wildman–Crippen LogP) is 2.66. The molecular formula is C16H19ClN2O2. The van der Waals surface area contributed by atoms with Crippen LogP contribution in [0.4, 0.5) is 0 Å². The molecule has 1 atom stereocenters. The molecule has 0 aliphatic carbocycles. The third-order valence-electron chi connectivity index (χ3n) is 3.96. The number of carbonyl (C=O) groups excluding carboxylic acids is 1. The minimum Gasteiger partial charge on any atom is -0.381 e. The van der Waals surface area contributed by atoms with Crippen LogP contribution in [0.5, 0.6) is 0 Å². The first-order valence-corrected chi connectivity index (χ1v) is 7.48. The Hall–Kier alpha value is -1.57. The van der Waals surface area contributed by atoms with Crippen LogP contribution in [-0.4, -0.2) is 25.7 Å². The van der Waals surface area contributed by atoms with Gasteiger partial charge in [0.05, 0.1) is 17.4 Å². The van der Waals surface area contributed by atoms with E-state index in [1.807, 2.05) is 18.2 Å². The molecule has 5 heteroatoms. The van der Waals surface area contributed by atoms with Crippen LogP contribution >= 0.6 is 11.6 Å². The van der Waals surface area contributed by atoms with E-state index >= 15 is 0 Å². The minimum atomic E-state index is -0.661. The summed E-state index contributed by atoms with van der Waals surface area (Å²) in [6.07, 6.45) is 1.20. The number of hydrogen-bond donors (Lipinski definition) is 1. The monoisotopic (exact) mass is 306 g/mol. The van der Waals surface area contributed by atoms with Gasteiger partial charge in [-0.2, -0.15) is 5.26 Å². The summed E-state index contributed by atoms with van der Waals surface area (Å²) in [7, 11) is 0. The molecule has 1 aliphatic heterocycles. The first kappa shape index (κ1) is 15.8. The van der Waals surface area contributed by atoms with E-state index in [-0.39, 0.29) is 11.8 Å². The molecule has 1 N–H and O–H groups in total. The van der Waals surface area contributed by atoms with Crippen LogP contribution in [0.1, 0.15) is 25.3 Å². The smallest absolute Gasteiger partial charge is 0.230 e. The largest absolute Gasteiger partial charge is 0.381 e. The molecule has 1 aromatic carbocycles. The molecule has 0 aromatic heterocycles. The molecule has 4 nitrogen and oxygen atoms in total. The van der Waals surface area contributed by atoms with E-state index in [1.165, 1.54) is 0 Å². The summed E-state index contributed by atoms with van der Waals surface area (Å²) < 4.78 is 5.41. The number of halogens is 1. The second-order valence-electron chi connectivity index (χ2n) is 5.41. The lowest BCUT2D eigenvalue weighted by Gasteiger charge is -2.37. The summed E-state index contributed by atoms with van der Waals surface area (Å²) in [5.41, 5.74) is 0.184. The quantitative estimate of drug-likeness (QED) is 0.930. The molecule has 2 rings (SSSR count). The van der Waals surface area contributed by atoms with Crippen LogP contribution in [0.2, 0.25) is 5.02 Å². The van der Waals surface area contributed by atoms with Gasteiger partial charge in [-0.1, -0.05) is 29.8 Å². The Morgan fingerprint density at radius 2 is 2.14 bits per heavy atom. The average molecular weight is 307 g/mol. The lowest BCUT2D eigenvalue weighted by Crippen LogP contribution is -2.49. The molecule has 1 saturated heterocycles. The zero-order valence-electron chi connectivity index (χ0n) is 12.1. The van der Waals surface area contributed by atoms with E-state index in [0.717, 1.165) is 5.56 Å². The summed E-state index contributed by atoms with van der Waals surface area (Å²) in [6, 6.07) is 9.58. The first-order valence-electron chi connectivity index (χ1n) is 7.11. The fraction of sp³-hybridized carbons (Fsp3) is 0.500. The van der Waals surface area contributed by atoms with Gasteiger partial charge in [0.1, 0.15) is 0 Å². The van der Waals surface area contributed by atoms with Gasteiger partial charge < -0.3 is 10.1 Å². The molecule has 1 fully saturated rings. The summed E-state index contributed by atoms with van der Waals surface area (Å²) in [6.45, 7) is 3.20. The van der Waals surface area contributed by atoms with E-state index < -0.39 is 5.41 Å². The number of carbonyl (C=O) groups is 1. The Bertz CT molecular complexity index is 547. The molecule has 0 bridgehead atoms. The highest BCUT2D eigenvalue weighted by Gasteiger charge is 2.42. The number of ether oxygens (including phenoxy) is 1. The van der Waals surface area contributed by atoms with Gasteiger partial charge in [-0.25, -0.2) is 0 Å². The van der Waals surface area contributed by atoms with Crippen molar-refractivity contribution in [2.75, 3.05) is 19.8 Å². The second-order valence-corrected chi connectivity index (χ2v) is 5.82. The predicted molar refractivity (Wildman–Crippen MR) is 81.0 cm³/mol. The Kier molecular flexibility index (Phi) is 5.22. The van der Waals surface area contributed by atoms with Gasteiger partial charge in [0.15, 0.2) is 0 Å². The fourth-order valence-electron chi connectivity index (χ4n) is 2.65. The van der Waals surface area contributed by atoms with Crippen molar-refractivity contribution in [2.24, 2.45) is 5.92 Å². The number of nitrogens with zero attached hydrogens (tertiary/aromatic N) is 1. The molecule has 112 valence electrons. The molecule has 0 saturated carbocycles. The third-order valence-corrected chi connectivity index (χ3v) is 4.29. The molecule has 1 aromatic rings. The van der Waals surface area contributed by atoms with Gasteiger partial charge >= 0.3 is 0 Å². The molecular weight excluding hydrogens is 288 g/mol. The Morgan fingerprint density at radius 3 is 2.76 bits per heavy atom. The van der Waals surface area contributed by atoms with Crippen molar-refractivity contribution in [3.05, 3.63) is 34.9 Å². The molecule has 1 unspecified atom stereocenters. The maximum absolute atomic E-state index is 12.8. The van der Waals surface area contributed by atoms with Crippen molar-refractivity contribution < 1.29 is 9.53 Å². The highest BCUT2D eigenvalue weighted by atomic mass is 35.5. The number of hydrogen-bond acceptors (Lipinski definition) is 3. The summed E-state index contributed by atoms with van der Waals surface area (Å²) in [4.78, 5) is 12.8. The van der Waals surface area contributed by atoms with Gasteiger partial charge in [0.25, 0.3) is 0 Å². The van der Waals surface area contributed by atoms with E-state index in [0.29, 0.717) is 37.6 Å². The van der Waals surface area contributed by atoms with Gasteiger partial charge in [-0.05, 0) is 31.4 Å². The standard InChI is InChI=1S/C16H19ClN2O2/c1-12(10-18)11-19-15(20)16(6-8-21-9-7-16)13-4-2-3-5-14(13)17/h2-5,12H,6-9,11H2,1H3,(H,19,20). The van der Waals surface area contributed by atoms with E-state index in [9.17, 15) is 4.79 Å². The zero-order valence-corrected chi connectivity index (χ0v) is 12.8. The normalized spacial score (nSPS) is 18.5. The maximum Gasteiger partial charge on any atom is 0.230 e. The number of nitrogens with one attached hydrogen (secondary N) is 1. The van der Waals surface area contributed by atoms with Crippen LogP contribution in [0.25, 0.3) is 0 Å². The van der Waals surface area contributed by atoms with Crippen LogP contribution in [-0.2, 0) is 14.9 Å². The molecule has 0 radical (unpaired) electrons. The van der Waals surface area contributed by atoms with Crippen molar-refractivity contribution in [2.45, 2.75) is 25.2 Å². The summed E-state index contributed by atoms with van der Waals surface area (Å²) in [5.74, 6) is -0.280. The van der Waals surface area contributed by atoms with Crippen molar-refractivity contribution in [3.8, 4) is 6.07 Å². The van der Waals surface area contributed by atoms with Gasteiger partial charge in [0, 0.05) is 24.8 Å². The highest BCUT2D eigenvalue weighted by molar-refractivity contribution is 6.31. The fourth-order valence-corrected chi connectivity index (χ4v) is 2.97. The molecule has 1 amide bonds. The number of rotatable bonds is 4. The maximum atomic E-state index is 12.8. The van der Waals surface area contributed by atoms with Crippen molar-refractivity contribution in [1.82, 2.24) is 5.32 Å². The van der Waals surface area contributed by atoms with Crippen LogP contribution in [0, 0.1) is 17.2 Å². The SMILES string of the molecule is CC(C#N)CNC(=O)C1(c2ccccc2Cl)CCOCC1. The van der Waals surface area contributed by atoms with E-state index in [2.05, 4.69) is 11.4 Å². The molecule has 1 heterocycles. The number of amides is 1. The van der Waals surface area contributed by atoms with Gasteiger partial charge in [-0.15, -0.1) is 0 Å². The van der Waals surface area contributed by atoms with Crippen molar-refractivity contribution >= 4 is 17.5 Å². The zero-order chi connectivity index (χ0) is 15.3. The van der Waals surface area contributed by atoms with Crippen LogP contribution in [0.3, 0.4) is 0 Å². The third kappa shape index (κ3) is 3.37. The molecule has 21 heavy (non-hydrogen) atoms. The Balaban J connectivity index is 2.28. The lowest BCUT2D eigenvalue weighted by atomic mass is 9.73. The van der Waals surface area contributed by atoms with E-state index in [1.54, 1.807) is 13.0 Å². The van der Waals surface area contributed by atoms with Gasteiger partial charge in [0.2, 0.25) is 5.91 Å². The van der Waals surface area contributed by atoms with Crippen LogP contribution < -0.4 is 5.32 Å². The minimum absolute atomic E-state index is 0.0685. The molecule has 1 aliphatic rings. The second kappa shape index (κ2) is 6.93. The highest BCUT2D eigenvalue weighted by Crippen LogP contribution is 2.38. The number of benzene rings is 1. The average Bonchev–Trinajstić information content (AvgIpc) is 2.53. The van der Waals surface area contributed by atoms with Crippen molar-refractivity contribution in [3.63, 3.8) is 0 Å².